The van der Waals surface area contributed by atoms with Crippen LogP contribution in [0.5, 0.6) is 0 Å². The summed E-state index contributed by atoms with van der Waals surface area (Å²) in [6.45, 7) is 0.490. The minimum Gasteiger partial charge on any atom is -0.481 e. The predicted molar refractivity (Wildman–Crippen MR) is 96.8 cm³/mol. The minimum absolute atomic E-state index is 0.00805. The molecule has 4 atom stereocenters. The fourth-order valence-corrected chi connectivity index (χ4v) is 4.24. The number of carbonyl (C=O) groups is 2. The Balaban J connectivity index is 1.46. The summed E-state index contributed by atoms with van der Waals surface area (Å²) in [4.78, 5) is 24.2. The number of hydrogen-bond donors (Lipinski definition) is 2. The van der Waals surface area contributed by atoms with Gasteiger partial charge in [-0.3, -0.25) is 14.3 Å². The Morgan fingerprint density at radius 3 is 2.65 bits per heavy atom. The second-order valence-corrected chi connectivity index (χ2v) is 7.22. The van der Waals surface area contributed by atoms with E-state index >= 15 is 0 Å². The van der Waals surface area contributed by atoms with Crippen LogP contribution in [0.3, 0.4) is 0 Å². The molecule has 0 radical (unpaired) electrons. The van der Waals surface area contributed by atoms with Crippen LogP contribution in [0.2, 0.25) is 5.02 Å². The molecule has 0 aliphatic heterocycles. The lowest BCUT2D eigenvalue weighted by Gasteiger charge is -2.23. The fraction of sp³-hybridized carbons (Fsp3) is 0.316. The van der Waals surface area contributed by atoms with Gasteiger partial charge in [-0.25, -0.2) is 0 Å². The number of amides is 1. The molecule has 0 saturated heterocycles. The van der Waals surface area contributed by atoms with Crippen molar-refractivity contribution in [3.8, 4) is 0 Å². The highest BCUT2D eigenvalue weighted by molar-refractivity contribution is 6.31. The molecule has 134 valence electrons. The molecule has 1 aromatic heterocycles. The van der Waals surface area contributed by atoms with Crippen LogP contribution in [0.4, 0.5) is 5.82 Å². The van der Waals surface area contributed by atoms with E-state index in [9.17, 15) is 14.7 Å². The molecule has 1 amide bonds. The molecule has 0 unspecified atom stereocenters. The van der Waals surface area contributed by atoms with Crippen molar-refractivity contribution in [3.05, 3.63) is 59.3 Å². The number of carboxylic acid groups (broad SMARTS) is 1. The number of fused-ring (bicyclic) bond motifs is 2. The van der Waals surface area contributed by atoms with Gasteiger partial charge in [0.25, 0.3) is 0 Å². The average molecular weight is 372 g/mol. The van der Waals surface area contributed by atoms with Gasteiger partial charge in [0, 0.05) is 17.3 Å². The summed E-state index contributed by atoms with van der Waals surface area (Å²) >= 11 is 6.16. The summed E-state index contributed by atoms with van der Waals surface area (Å²) in [7, 11) is 0. The van der Waals surface area contributed by atoms with Crippen molar-refractivity contribution in [1.29, 1.82) is 0 Å². The molecule has 2 aliphatic rings. The fourth-order valence-electron chi connectivity index (χ4n) is 4.04. The van der Waals surface area contributed by atoms with Crippen LogP contribution < -0.4 is 5.32 Å². The number of halogens is 1. The van der Waals surface area contributed by atoms with Crippen molar-refractivity contribution in [2.24, 2.45) is 23.7 Å². The van der Waals surface area contributed by atoms with E-state index in [-0.39, 0.29) is 17.7 Å². The Bertz CT molecular complexity index is 892. The standard InChI is InChI=1S/C19H18ClN3O3/c20-14-4-2-1-3-13(14)10-23-8-7-15(22-23)21-18(24)16-11-5-6-12(9-11)17(16)19(25)26/h1-8,11-12,16-17H,9-10H2,(H,25,26)(H,21,22,24)/t11-,12-,16-,17-/m0/s1. The second kappa shape index (κ2) is 6.61. The number of aliphatic carboxylic acids is 1. The number of rotatable bonds is 5. The van der Waals surface area contributed by atoms with Crippen LogP contribution >= 0.6 is 11.6 Å². The van der Waals surface area contributed by atoms with Crippen molar-refractivity contribution in [2.45, 2.75) is 13.0 Å². The van der Waals surface area contributed by atoms with Gasteiger partial charge < -0.3 is 10.4 Å². The lowest BCUT2D eigenvalue weighted by molar-refractivity contribution is -0.146. The highest BCUT2D eigenvalue weighted by atomic mass is 35.5. The van der Waals surface area contributed by atoms with Crippen molar-refractivity contribution in [2.75, 3.05) is 5.32 Å². The molecule has 2 N–H and O–H groups in total. The first-order chi connectivity index (χ1) is 12.5. The zero-order valence-electron chi connectivity index (χ0n) is 13.9. The molecule has 1 heterocycles. The number of nitrogens with zero attached hydrogens (tertiary/aromatic N) is 2. The van der Waals surface area contributed by atoms with E-state index in [0.717, 1.165) is 12.0 Å². The van der Waals surface area contributed by atoms with Crippen molar-refractivity contribution < 1.29 is 14.7 Å². The molecule has 1 aromatic carbocycles. The summed E-state index contributed by atoms with van der Waals surface area (Å²) in [5, 5.41) is 17.3. The molecule has 2 aliphatic carbocycles. The Morgan fingerprint density at radius 2 is 1.92 bits per heavy atom. The molecule has 1 fully saturated rings. The number of hydrogen-bond acceptors (Lipinski definition) is 3. The van der Waals surface area contributed by atoms with E-state index in [1.165, 1.54) is 0 Å². The molecule has 7 heteroatoms. The third-order valence-corrected chi connectivity index (χ3v) is 5.60. The third kappa shape index (κ3) is 3.01. The molecular formula is C19H18ClN3O3. The summed E-state index contributed by atoms with van der Waals surface area (Å²) in [5.74, 6) is -2.04. The Kier molecular flexibility index (Phi) is 4.28. The number of carbonyl (C=O) groups excluding carboxylic acids is 1. The molecule has 4 rings (SSSR count). The summed E-state index contributed by atoms with van der Waals surface area (Å²) in [6.07, 6.45) is 6.38. The zero-order valence-corrected chi connectivity index (χ0v) is 14.6. The van der Waals surface area contributed by atoms with Crippen molar-refractivity contribution in [3.63, 3.8) is 0 Å². The second-order valence-electron chi connectivity index (χ2n) is 6.82. The molecule has 2 aromatic rings. The summed E-state index contributed by atoms with van der Waals surface area (Å²) in [6, 6.07) is 9.21. The van der Waals surface area contributed by atoms with Crippen LogP contribution in [-0.2, 0) is 16.1 Å². The van der Waals surface area contributed by atoms with Crippen LogP contribution in [0, 0.1) is 23.7 Å². The van der Waals surface area contributed by atoms with Crippen LogP contribution in [0.1, 0.15) is 12.0 Å². The van der Waals surface area contributed by atoms with E-state index in [2.05, 4.69) is 10.4 Å². The monoisotopic (exact) mass is 371 g/mol. The van der Waals surface area contributed by atoms with Crippen molar-refractivity contribution >= 4 is 29.3 Å². The number of carboxylic acids is 1. The first kappa shape index (κ1) is 16.8. The smallest absolute Gasteiger partial charge is 0.307 e. The highest BCUT2D eigenvalue weighted by Gasteiger charge is 2.51. The lowest BCUT2D eigenvalue weighted by Crippen LogP contribution is -2.36. The van der Waals surface area contributed by atoms with Crippen molar-refractivity contribution in [1.82, 2.24) is 9.78 Å². The maximum atomic E-state index is 12.7. The van der Waals surface area contributed by atoms with E-state index in [4.69, 9.17) is 11.6 Å². The van der Waals surface area contributed by atoms with Crippen LogP contribution in [0.15, 0.2) is 48.7 Å². The van der Waals surface area contributed by atoms with Gasteiger partial charge in [-0.05, 0) is 29.9 Å². The molecule has 26 heavy (non-hydrogen) atoms. The Labute approximate surface area is 155 Å². The number of benzene rings is 1. The lowest BCUT2D eigenvalue weighted by atomic mass is 9.82. The van der Waals surface area contributed by atoms with E-state index in [1.54, 1.807) is 16.9 Å². The average Bonchev–Trinajstić information content (AvgIpc) is 3.32. The summed E-state index contributed by atoms with van der Waals surface area (Å²) < 4.78 is 1.69. The normalized spacial score (nSPS) is 26.2. The van der Waals surface area contributed by atoms with Gasteiger partial charge in [-0.2, -0.15) is 5.10 Å². The maximum absolute atomic E-state index is 12.7. The molecular weight excluding hydrogens is 354 g/mol. The minimum atomic E-state index is -0.911. The Morgan fingerprint density at radius 1 is 1.19 bits per heavy atom. The largest absolute Gasteiger partial charge is 0.481 e. The topological polar surface area (TPSA) is 84.2 Å². The summed E-state index contributed by atoms with van der Waals surface area (Å²) in [5.41, 5.74) is 0.930. The van der Waals surface area contributed by atoms with Gasteiger partial charge in [0.15, 0.2) is 5.82 Å². The van der Waals surface area contributed by atoms with Gasteiger partial charge in [0.2, 0.25) is 5.91 Å². The van der Waals surface area contributed by atoms with Crippen LogP contribution in [-0.4, -0.2) is 26.8 Å². The first-order valence-electron chi connectivity index (χ1n) is 8.52. The van der Waals surface area contributed by atoms with Gasteiger partial charge in [-0.1, -0.05) is 42.0 Å². The highest BCUT2D eigenvalue weighted by Crippen LogP contribution is 2.48. The van der Waals surface area contributed by atoms with E-state index in [1.807, 2.05) is 36.4 Å². The quantitative estimate of drug-likeness (QED) is 0.791. The molecule has 0 spiro atoms. The SMILES string of the molecule is O=C(O)[C@@H]1[C@@H](C(=O)Nc2ccn(Cc3ccccc3Cl)n2)[C@H]2C=C[C@H]1C2. The number of allylic oxidation sites excluding steroid dienone is 2. The van der Waals surface area contributed by atoms with Gasteiger partial charge in [0.05, 0.1) is 18.4 Å². The first-order valence-corrected chi connectivity index (χ1v) is 8.89. The van der Waals surface area contributed by atoms with Crippen LogP contribution in [0.25, 0.3) is 0 Å². The number of aromatic nitrogens is 2. The van der Waals surface area contributed by atoms with Gasteiger partial charge in [0.1, 0.15) is 0 Å². The third-order valence-electron chi connectivity index (χ3n) is 5.23. The maximum Gasteiger partial charge on any atom is 0.307 e. The number of anilines is 1. The molecule has 1 saturated carbocycles. The van der Waals surface area contributed by atoms with Gasteiger partial charge in [-0.15, -0.1) is 0 Å². The number of nitrogens with one attached hydrogen (secondary N) is 1. The zero-order chi connectivity index (χ0) is 18.3. The molecule has 6 nitrogen and oxygen atoms in total. The van der Waals surface area contributed by atoms with E-state index in [0.29, 0.717) is 17.4 Å². The Hall–Kier alpha value is -2.60. The van der Waals surface area contributed by atoms with E-state index < -0.39 is 17.8 Å². The molecule has 2 bridgehead atoms. The van der Waals surface area contributed by atoms with Gasteiger partial charge >= 0.3 is 5.97 Å². The predicted octanol–water partition coefficient (Wildman–Crippen LogP) is 3.05.